The number of para-hydroxylation sites is 4. The van der Waals surface area contributed by atoms with Crippen LogP contribution in [-0.2, 0) is 0 Å². The predicted octanol–water partition coefficient (Wildman–Crippen LogP) is 16.7. The number of nitrogens with zero attached hydrogens (tertiary/aromatic N) is 4. The quantitative estimate of drug-likeness (QED) is 0.153. The lowest BCUT2D eigenvalue weighted by atomic mass is 9.97. The second-order valence-corrected chi connectivity index (χ2v) is 17.4. The summed E-state index contributed by atoms with van der Waals surface area (Å²) in [4.78, 5) is 9.65. The minimum Gasteiger partial charge on any atom is -0.309 e. The number of fused-ring (bicyclic) bond motifs is 6. The first kappa shape index (κ1) is 39.3. The molecule has 3 heterocycles. The summed E-state index contributed by atoms with van der Waals surface area (Å²) in [6.07, 6.45) is 3.55. The van der Waals surface area contributed by atoms with Crippen LogP contribution >= 0.6 is 0 Å². The molecule has 0 aliphatic rings. The van der Waals surface area contributed by atoms with Gasteiger partial charge in [-0.1, -0.05) is 194 Å². The van der Waals surface area contributed by atoms with E-state index in [-0.39, 0.29) is 0 Å². The van der Waals surface area contributed by atoms with E-state index in [2.05, 4.69) is 252 Å². The normalized spacial score (nSPS) is 11.5. The summed E-state index contributed by atoms with van der Waals surface area (Å²) in [6, 6.07) is 87.3. The maximum Gasteiger partial charge on any atom is 0.0965 e. The van der Waals surface area contributed by atoms with Crippen molar-refractivity contribution in [2.45, 2.75) is 0 Å². The Balaban J connectivity index is 0.700. The number of hydrogen-bond acceptors (Lipinski definition) is 2. The largest absolute Gasteiger partial charge is 0.309 e. The Kier molecular flexibility index (Phi) is 9.47. The minimum absolute atomic E-state index is 0.861. The van der Waals surface area contributed by atoms with Gasteiger partial charge in [0.05, 0.1) is 33.5 Å². The molecule has 0 radical (unpaired) electrons. The SMILES string of the molecule is c1ccc2c(c1)c1ccccc1n2-c1ccc(-c2ccc(-c3ccc(-c4nccnc4-c4ccc(-c5ccc(-c6ccc(-n7c8ccccc8c8ccccc87)cc6)cc5)cc4)cc3)cc2)cc1. The van der Waals surface area contributed by atoms with Crippen LogP contribution in [0.3, 0.4) is 0 Å². The highest BCUT2D eigenvalue weighted by Crippen LogP contribution is 2.37. The van der Waals surface area contributed by atoms with Gasteiger partial charge < -0.3 is 9.13 Å². The molecule has 318 valence electrons. The van der Waals surface area contributed by atoms with E-state index in [1.54, 1.807) is 12.4 Å². The van der Waals surface area contributed by atoms with Crippen LogP contribution in [0.1, 0.15) is 0 Å². The van der Waals surface area contributed by atoms with Gasteiger partial charge in [0, 0.05) is 56.4 Å². The van der Waals surface area contributed by atoms with Gasteiger partial charge in [0.1, 0.15) is 0 Å². The lowest BCUT2D eigenvalue weighted by molar-refractivity contribution is 1.18. The van der Waals surface area contributed by atoms with Crippen molar-refractivity contribution >= 4 is 43.6 Å². The standard InChI is InChI=1S/C64H42N4/c1-5-13-59-55(9-1)56-10-2-6-14-60(56)67(59)53-37-33-49(34-38-53)45-21-17-43(18-22-45)47-25-29-51(30-26-47)63-64(66-42-41-65-63)52-31-27-48(28-32-52)44-19-23-46(24-20-44)50-35-39-54(40-36-50)68-61-15-7-3-11-57(61)58-12-4-8-16-62(58)68/h1-42H. The molecule has 0 amide bonds. The molecule has 4 nitrogen and oxygen atoms in total. The first-order valence-electron chi connectivity index (χ1n) is 23.1. The molecule has 0 spiro atoms. The second kappa shape index (κ2) is 16.4. The van der Waals surface area contributed by atoms with Crippen LogP contribution in [0.25, 0.3) is 122 Å². The van der Waals surface area contributed by atoms with Gasteiger partial charge in [-0.2, -0.15) is 0 Å². The van der Waals surface area contributed by atoms with Gasteiger partial charge in [-0.3, -0.25) is 9.97 Å². The maximum absolute atomic E-state index is 4.83. The zero-order valence-corrected chi connectivity index (χ0v) is 37.0. The van der Waals surface area contributed by atoms with E-state index < -0.39 is 0 Å². The molecule has 0 saturated heterocycles. The zero-order chi connectivity index (χ0) is 45.0. The molecule has 68 heavy (non-hydrogen) atoms. The summed E-state index contributed by atoms with van der Waals surface area (Å²) in [5, 5.41) is 5.08. The summed E-state index contributed by atoms with van der Waals surface area (Å²) >= 11 is 0. The van der Waals surface area contributed by atoms with E-state index in [1.807, 2.05) is 0 Å². The van der Waals surface area contributed by atoms with Gasteiger partial charge in [0.2, 0.25) is 0 Å². The van der Waals surface area contributed by atoms with Crippen molar-refractivity contribution in [3.05, 3.63) is 255 Å². The highest BCUT2D eigenvalue weighted by atomic mass is 15.0. The summed E-state index contributed by atoms with van der Waals surface area (Å²) in [5.41, 5.74) is 20.3. The molecule has 0 unspecified atom stereocenters. The van der Waals surface area contributed by atoms with E-state index in [0.29, 0.717) is 0 Å². The first-order valence-corrected chi connectivity index (χ1v) is 23.1. The molecular weight excluding hydrogens is 825 g/mol. The Morgan fingerprint density at radius 3 is 0.662 bits per heavy atom. The van der Waals surface area contributed by atoms with Gasteiger partial charge in [0.15, 0.2) is 0 Å². The molecule has 13 rings (SSSR count). The Morgan fingerprint density at radius 1 is 0.206 bits per heavy atom. The lowest BCUT2D eigenvalue weighted by Gasteiger charge is -2.11. The van der Waals surface area contributed by atoms with Crippen LogP contribution in [0, 0.1) is 0 Å². The maximum atomic E-state index is 4.83. The van der Waals surface area contributed by atoms with E-state index >= 15 is 0 Å². The first-order chi connectivity index (χ1) is 33.7. The molecule has 0 saturated carbocycles. The Morgan fingerprint density at radius 2 is 0.412 bits per heavy atom. The lowest BCUT2D eigenvalue weighted by Crippen LogP contribution is -1.93. The highest BCUT2D eigenvalue weighted by molar-refractivity contribution is 6.10. The second-order valence-electron chi connectivity index (χ2n) is 17.4. The molecule has 0 aliphatic heterocycles. The van der Waals surface area contributed by atoms with Crippen molar-refractivity contribution in [2.75, 3.05) is 0 Å². The van der Waals surface area contributed by atoms with Gasteiger partial charge in [-0.25, -0.2) is 0 Å². The molecule has 0 fully saturated rings. The van der Waals surface area contributed by atoms with Crippen molar-refractivity contribution in [1.29, 1.82) is 0 Å². The fourth-order valence-electron chi connectivity index (χ4n) is 10.1. The average Bonchev–Trinajstić information content (AvgIpc) is 3.94. The van der Waals surface area contributed by atoms with Crippen LogP contribution in [0.5, 0.6) is 0 Å². The summed E-state index contributed by atoms with van der Waals surface area (Å²) < 4.78 is 4.71. The average molecular weight is 867 g/mol. The number of hydrogen-bond donors (Lipinski definition) is 0. The molecule has 0 atom stereocenters. The number of rotatable bonds is 8. The molecule has 13 aromatic rings. The zero-order valence-electron chi connectivity index (χ0n) is 37.0. The Bertz CT molecular complexity index is 3590. The molecule has 0 N–H and O–H groups in total. The fraction of sp³-hybridized carbons (Fsp3) is 0. The third kappa shape index (κ3) is 6.78. The summed E-state index contributed by atoms with van der Waals surface area (Å²) in [5.74, 6) is 0. The van der Waals surface area contributed by atoms with Gasteiger partial charge >= 0.3 is 0 Å². The van der Waals surface area contributed by atoms with Gasteiger partial charge in [-0.15, -0.1) is 0 Å². The smallest absolute Gasteiger partial charge is 0.0965 e. The highest BCUT2D eigenvalue weighted by Gasteiger charge is 2.15. The van der Waals surface area contributed by atoms with Crippen LogP contribution in [-0.4, -0.2) is 19.1 Å². The van der Waals surface area contributed by atoms with E-state index in [1.165, 1.54) is 77.0 Å². The Hall–Kier alpha value is -9.12. The van der Waals surface area contributed by atoms with Crippen molar-refractivity contribution in [1.82, 2.24) is 19.1 Å². The fourth-order valence-corrected chi connectivity index (χ4v) is 10.1. The van der Waals surface area contributed by atoms with Crippen molar-refractivity contribution in [3.63, 3.8) is 0 Å². The third-order valence-corrected chi connectivity index (χ3v) is 13.5. The van der Waals surface area contributed by atoms with Gasteiger partial charge in [0.25, 0.3) is 0 Å². The monoisotopic (exact) mass is 866 g/mol. The molecule has 10 aromatic carbocycles. The van der Waals surface area contributed by atoms with Crippen LogP contribution in [0.2, 0.25) is 0 Å². The van der Waals surface area contributed by atoms with E-state index in [0.717, 1.165) is 45.0 Å². The predicted molar refractivity (Wildman–Crippen MR) is 283 cm³/mol. The topological polar surface area (TPSA) is 35.6 Å². The Labute approximate surface area is 394 Å². The van der Waals surface area contributed by atoms with Crippen molar-refractivity contribution in [3.8, 4) is 78.4 Å². The summed E-state index contributed by atoms with van der Waals surface area (Å²) in [6.45, 7) is 0. The summed E-state index contributed by atoms with van der Waals surface area (Å²) in [7, 11) is 0. The van der Waals surface area contributed by atoms with Gasteiger partial charge in [-0.05, 0) is 93.0 Å². The molecule has 0 bridgehead atoms. The van der Waals surface area contributed by atoms with Crippen LogP contribution in [0.15, 0.2) is 255 Å². The third-order valence-electron chi connectivity index (χ3n) is 13.5. The van der Waals surface area contributed by atoms with E-state index in [4.69, 9.17) is 9.97 Å². The molecule has 3 aromatic heterocycles. The van der Waals surface area contributed by atoms with Crippen molar-refractivity contribution < 1.29 is 0 Å². The minimum atomic E-state index is 0.861. The number of aromatic nitrogens is 4. The van der Waals surface area contributed by atoms with E-state index in [9.17, 15) is 0 Å². The molecular formula is C64H42N4. The molecule has 4 heteroatoms. The van der Waals surface area contributed by atoms with Crippen molar-refractivity contribution in [2.24, 2.45) is 0 Å². The van der Waals surface area contributed by atoms with Crippen LogP contribution in [0.4, 0.5) is 0 Å². The molecule has 0 aliphatic carbocycles. The van der Waals surface area contributed by atoms with Crippen LogP contribution < -0.4 is 0 Å². The number of benzene rings is 10.